The number of carbonyl (C=O) groups is 2. The maximum absolute atomic E-state index is 13.5. The number of methoxy groups -OCH3 is 1. The van der Waals surface area contributed by atoms with Crippen molar-refractivity contribution in [2.24, 2.45) is 0 Å². The largest absolute Gasteiger partial charge is 0.497 e. The zero-order valence-corrected chi connectivity index (χ0v) is 14.6. The van der Waals surface area contributed by atoms with Gasteiger partial charge in [-0.3, -0.25) is 4.79 Å². The third kappa shape index (κ3) is 5.73. The van der Waals surface area contributed by atoms with E-state index in [4.69, 9.17) is 9.47 Å². The molecule has 1 N–H and O–H groups in total. The van der Waals surface area contributed by atoms with Gasteiger partial charge < -0.3 is 14.8 Å². The molecule has 2 aromatic carbocycles. The summed E-state index contributed by atoms with van der Waals surface area (Å²) in [6, 6.07) is 13.3. The van der Waals surface area contributed by atoms with Crippen LogP contribution in [0.2, 0.25) is 0 Å². The zero-order valence-electron chi connectivity index (χ0n) is 14.6. The van der Waals surface area contributed by atoms with Crippen LogP contribution >= 0.6 is 0 Å². The molecule has 0 aliphatic carbocycles. The number of ether oxygens (including phenoxy) is 2. The number of esters is 1. The summed E-state index contributed by atoms with van der Waals surface area (Å²) < 4.78 is 23.5. The van der Waals surface area contributed by atoms with E-state index in [0.29, 0.717) is 6.54 Å². The molecule has 2 aromatic rings. The third-order valence-corrected chi connectivity index (χ3v) is 3.59. The molecule has 6 heteroatoms. The van der Waals surface area contributed by atoms with Gasteiger partial charge in [0, 0.05) is 18.2 Å². The minimum atomic E-state index is -0.967. The molecular formula is C20H20FNO4. The highest BCUT2D eigenvalue weighted by molar-refractivity contribution is 5.90. The Morgan fingerprint density at radius 1 is 1.15 bits per heavy atom. The number of rotatable bonds is 7. The van der Waals surface area contributed by atoms with Gasteiger partial charge in [-0.25, -0.2) is 9.18 Å². The molecule has 2 rings (SSSR count). The first-order valence-electron chi connectivity index (χ1n) is 8.03. The molecule has 136 valence electrons. The number of hydrogen-bond donors (Lipinski definition) is 1. The monoisotopic (exact) mass is 357 g/mol. The van der Waals surface area contributed by atoms with Crippen LogP contribution < -0.4 is 10.1 Å². The number of halogens is 1. The van der Waals surface area contributed by atoms with E-state index in [0.717, 1.165) is 17.4 Å². The predicted molar refractivity (Wildman–Crippen MR) is 95.8 cm³/mol. The number of hydrogen-bond acceptors (Lipinski definition) is 4. The topological polar surface area (TPSA) is 64.6 Å². The van der Waals surface area contributed by atoms with Gasteiger partial charge in [0.25, 0.3) is 5.91 Å². The van der Waals surface area contributed by atoms with Crippen molar-refractivity contribution in [1.82, 2.24) is 5.32 Å². The fourth-order valence-electron chi connectivity index (χ4n) is 2.11. The lowest BCUT2D eigenvalue weighted by atomic mass is 10.2. The Hall–Kier alpha value is -3.15. The van der Waals surface area contributed by atoms with Gasteiger partial charge in [0.1, 0.15) is 11.6 Å². The molecule has 0 spiro atoms. The highest BCUT2D eigenvalue weighted by atomic mass is 19.1. The third-order valence-electron chi connectivity index (χ3n) is 3.59. The van der Waals surface area contributed by atoms with Gasteiger partial charge in [-0.15, -0.1) is 0 Å². The summed E-state index contributed by atoms with van der Waals surface area (Å²) in [6.45, 7) is 1.77. The average Bonchev–Trinajstić information content (AvgIpc) is 2.65. The first-order chi connectivity index (χ1) is 12.5. The van der Waals surface area contributed by atoms with E-state index < -0.39 is 23.8 Å². The minimum absolute atomic E-state index is 0.265. The van der Waals surface area contributed by atoms with Crippen molar-refractivity contribution in [1.29, 1.82) is 0 Å². The van der Waals surface area contributed by atoms with Crippen molar-refractivity contribution in [2.45, 2.75) is 19.6 Å². The van der Waals surface area contributed by atoms with E-state index in [1.165, 1.54) is 25.1 Å². The van der Waals surface area contributed by atoms with Crippen molar-refractivity contribution < 1.29 is 23.5 Å². The molecule has 0 saturated carbocycles. The Labute approximate surface area is 151 Å². The quantitative estimate of drug-likeness (QED) is 0.611. The lowest BCUT2D eigenvalue weighted by Gasteiger charge is -2.12. The van der Waals surface area contributed by atoms with Gasteiger partial charge in [0.2, 0.25) is 0 Å². The van der Waals surface area contributed by atoms with Crippen LogP contribution in [-0.4, -0.2) is 25.1 Å². The molecule has 1 amide bonds. The molecule has 1 atom stereocenters. The van der Waals surface area contributed by atoms with Gasteiger partial charge in [0.15, 0.2) is 6.10 Å². The minimum Gasteiger partial charge on any atom is -0.497 e. The molecule has 26 heavy (non-hydrogen) atoms. The Kier molecular flexibility index (Phi) is 6.91. The molecule has 0 heterocycles. The van der Waals surface area contributed by atoms with Crippen LogP contribution in [-0.2, 0) is 20.9 Å². The fraction of sp³-hybridized carbons (Fsp3) is 0.200. The van der Waals surface area contributed by atoms with Gasteiger partial charge in [0.05, 0.1) is 7.11 Å². The summed E-state index contributed by atoms with van der Waals surface area (Å²) in [5.74, 6) is -0.861. The lowest BCUT2D eigenvalue weighted by Crippen LogP contribution is -2.35. The number of nitrogens with one attached hydrogen (secondary N) is 1. The van der Waals surface area contributed by atoms with Gasteiger partial charge in [-0.2, -0.15) is 0 Å². The Balaban J connectivity index is 1.82. The molecule has 0 aliphatic heterocycles. The molecule has 0 saturated heterocycles. The summed E-state index contributed by atoms with van der Waals surface area (Å²) >= 11 is 0. The summed E-state index contributed by atoms with van der Waals surface area (Å²) in [5, 5.41) is 2.68. The van der Waals surface area contributed by atoms with Gasteiger partial charge in [-0.05, 0) is 36.8 Å². The Morgan fingerprint density at radius 3 is 2.50 bits per heavy atom. The maximum Gasteiger partial charge on any atom is 0.331 e. The Morgan fingerprint density at radius 2 is 1.85 bits per heavy atom. The van der Waals surface area contributed by atoms with Crippen LogP contribution in [0.4, 0.5) is 4.39 Å². The predicted octanol–water partition coefficient (Wildman–Crippen LogP) is 3.10. The van der Waals surface area contributed by atoms with Crippen molar-refractivity contribution >= 4 is 18.0 Å². The summed E-state index contributed by atoms with van der Waals surface area (Å²) in [5.41, 5.74) is 1.15. The van der Waals surface area contributed by atoms with Crippen molar-refractivity contribution in [2.75, 3.05) is 7.11 Å². The molecule has 0 radical (unpaired) electrons. The fourth-order valence-corrected chi connectivity index (χ4v) is 2.11. The van der Waals surface area contributed by atoms with Crippen molar-refractivity contribution in [3.63, 3.8) is 0 Å². The van der Waals surface area contributed by atoms with E-state index in [9.17, 15) is 14.0 Å². The molecule has 0 fully saturated rings. The molecule has 0 aromatic heterocycles. The standard InChI is InChI=1S/C20H20FNO4/c1-14(20(24)22-13-15-7-10-17(25-2)11-8-15)26-19(23)12-9-16-5-3-4-6-18(16)21/h3-12,14H,13H2,1-2H3,(H,22,24)/b12-9+/t14-/m0/s1. The molecule has 5 nitrogen and oxygen atoms in total. The summed E-state index contributed by atoms with van der Waals surface area (Å²) in [6.07, 6.45) is 1.43. The lowest BCUT2D eigenvalue weighted by molar-refractivity contribution is -0.150. The maximum atomic E-state index is 13.5. The normalized spacial score (nSPS) is 11.8. The summed E-state index contributed by atoms with van der Waals surface area (Å²) in [7, 11) is 1.58. The van der Waals surface area contributed by atoms with Crippen LogP contribution in [0.3, 0.4) is 0 Å². The van der Waals surface area contributed by atoms with Gasteiger partial charge >= 0.3 is 5.97 Å². The van der Waals surface area contributed by atoms with E-state index in [2.05, 4.69) is 5.32 Å². The van der Waals surface area contributed by atoms with E-state index in [1.807, 2.05) is 12.1 Å². The highest BCUT2D eigenvalue weighted by Gasteiger charge is 2.16. The molecule has 0 bridgehead atoms. The SMILES string of the molecule is COc1ccc(CNC(=O)[C@H](C)OC(=O)/C=C/c2ccccc2F)cc1. The second kappa shape index (κ2) is 9.36. The molecular weight excluding hydrogens is 337 g/mol. The van der Waals surface area contributed by atoms with Crippen molar-refractivity contribution in [3.05, 3.63) is 71.6 Å². The number of carbonyl (C=O) groups excluding carboxylic acids is 2. The first-order valence-corrected chi connectivity index (χ1v) is 8.03. The van der Waals surface area contributed by atoms with Gasteiger partial charge in [-0.1, -0.05) is 30.3 Å². The van der Waals surface area contributed by atoms with Crippen LogP contribution in [0, 0.1) is 5.82 Å². The van der Waals surface area contributed by atoms with Crippen LogP contribution in [0.5, 0.6) is 5.75 Å². The van der Waals surface area contributed by atoms with E-state index in [1.54, 1.807) is 31.4 Å². The first kappa shape index (κ1) is 19.2. The average molecular weight is 357 g/mol. The summed E-state index contributed by atoms with van der Waals surface area (Å²) in [4.78, 5) is 23.8. The van der Waals surface area contributed by atoms with E-state index in [-0.39, 0.29) is 5.56 Å². The second-order valence-electron chi connectivity index (χ2n) is 5.50. The van der Waals surface area contributed by atoms with E-state index >= 15 is 0 Å². The highest BCUT2D eigenvalue weighted by Crippen LogP contribution is 2.11. The van der Waals surface area contributed by atoms with Crippen LogP contribution in [0.25, 0.3) is 6.08 Å². The zero-order chi connectivity index (χ0) is 18.9. The number of benzene rings is 2. The number of amides is 1. The smallest absolute Gasteiger partial charge is 0.331 e. The molecule has 0 unspecified atom stereocenters. The van der Waals surface area contributed by atoms with Crippen LogP contribution in [0.15, 0.2) is 54.6 Å². The molecule has 0 aliphatic rings. The second-order valence-corrected chi connectivity index (χ2v) is 5.50. The van der Waals surface area contributed by atoms with Crippen molar-refractivity contribution in [3.8, 4) is 5.75 Å². The Bertz CT molecular complexity index is 787. The van der Waals surface area contributed by atoms with Crippen LogP contribution in [0.1, 0.15) is 18.1 Å².